The van der Waals surface area contributed by atoms with Crippen LogP contribution in [0.15, 0.2) is 52.8 Å². The van der Waals surface area contributed by atoms with Crippen LogP contribution in [-0.4, -0.2) is 42.1 Å². The van der Waals surface area contributed by atoms with Crippen molar-refractivity contribution in [2.24, 2.45) is 5.10 Å². The van der Waals surface area contributed by atoms with Gasteiger partial charge in [-0.3, -0.25) is 4.79 Å². The number of amides is 1. The first kappa shape index (κ1) is 27.3. The van der Waals surface area contributed by atoms with Crippen LogP contribution >= 0.6 is 11.6 Å². The fraction of sp³-hybridized carbons (Fsp3) is 0.423. The molecule has 0 spiro atoms. The van der Waals surface area contributed by atoms with Gasteiger partial charge in [-0.25, -0.2) is 4.79 Å². The van der Waals surface area contributed by atoms with E-state index in [0.29, 0.717) is 29.3 Å². The molecule has 1 atom stereocenters. The smallest absolute Gasteiger partial charge is 0.407 e. The standard InChI is InChI=1S/C26H33ClN4O5/c1-16(2)36-23(32)10-11-28-25(34)35-12-6-7-17-13-19(26(3,4)5)24(33)22(14-17)31-29-20-9-8-18(27)15-21(20)30-31/h8-9,13-15,20,29,33H,1,6-7,10-12H2,2-5H3,(H,28,34). The lowest BCUT2D eigenvalue weighted by Gasteiger charge is -2.26. The number of alkyl carbamates (subject to hydrolysis) is 1. The van der Waals surface area contributed by atoms with Gasteiger partial charge in [0.15, 0.2) is 0 Å². The lowest BCUT2D eigenvalue weighted by Crippen LogP contribution is -2.37. The number of aryl methyl sites for hydroxylation is 1. The van der Waals surface area contributed by atoms with Gasteiger partial charge in [0.1, 0.15) is 11.4 Å². The molecule has 1 aliphatic heterocycles. The number of nitrogens with one attached hydrogen (secondary N) is 2. The molecule has 1 aliphatic carbocycles. The van der Waals surface area contributed by atoms with Crippen LogP contribution in [0, 0.1) is 0 Å². The third-order valence-corrected chi connectivity index (χ3v) is 5.68. The van der Waals surface area contributed by atoms with Gasteiger partial charge in [-0.05, 0) is 49.0 Å². The number of rotatable bonds is 9. The molecule has 10 heteroatoms. The number of phenols is 1. The third-order valence-electron chi connectivity index (χ3n) is 5.44. The van der Waals surface area contributed by atoms with Crippen LogP contribution in [0.25, 0.3) is 0 Å². The first-order valence-corrected chi connectivity index (χ1v) is 12.1. The second-order valence-electron chi connectivity index (χ2n) is 9.69. The Balaban J connectivity index is 1.60. The number of carbonyl (C=O) groups is 2. The predicted octanol–water partition coefficient (Wildman–Crippen LogP) is 4.56. The van der Waals surface area contributed by atoms with Crippen LogP contribution in [0.2, 0.25) is 0 Å². The van der Waals surface area contributed by atoms with Crippen LogP contribution in [0.5, 0.6) is 5.75 Å². The van der Waals surface area contributed by atoms with E-state index in [9.17, 15) is 14.7 Å². The first-order chi connectivity index (χ1) is 16.9. The summed E-state index contributed by atoms with van der Waals surface area (Å²) < 4.78 is 10.0. The number of hydrazone groups is 1. The molecule has 36 heavy (non-hydrogen) atoms. The van der Waals surface area contributed by atoms with Gasteiger partial charge in [0.05, 0.1) is 30.5 Å². The summed E-state index contributed by atoms with van der Waals surface area (Å²) in [5.74, 6) is -0.00633. The number of fused-ring (bicyclic) bond motifs is 1. The van der Waals surface area contributed by atoms with Crippen LogP contribution in [0.1, 0.15) is 51.7 Å². The van der Waals surface area contributed by atoms with Crippen LogP contribution < -0.4 is 15.9 Å². The number of ether oxygens (including phenoxy) is 2. The number of halogens is 1. The quantitative estimate of drug-likeness (QED) is 0.250. The van der Waals surface area contributed by atoms with Gasteiger partial charge in [-0.15, -0.1) is 0 Å². The predicted molar refractivity (Wildman–Crippen MR) is 140 cm³/mol. The molecule has 0 saturated heterocycles. The minimum Gasteiger partial charge on any atom is -0.505 e. The maximum atomic E-state index is 11.9. The fourth-order valence-corrected chi connectivity index (χ4v) is 3.91. The molecule has 0 fully saturated rings. The number of anilines is 1. The van der Waals surface area contributed by atoms with Gasteiger partial charge in [-0.1, -0.05) is 51.1 Å². The Labute approximate surface area is 216 Å². The molecule has 1 unspecified atom stereocenters. The Hall–Kier alpha value is -3.30. The number of phenolic OH excluding ortho intramolecular Hbond substituents is 1. The number of allylic oxidation sites excluding steroid dienone is 3. The second kappa shape index (κ2) is 11.6. The van der Waals surface area contributed by atoms with Gasteiger partial charge in [-0.2, -0.15) is 15.6 Å². The number of hydrogen-bond acceptors (Lipinski definition) is 8. The molecule has 194 valence electrons. The minimum absolute atomic E-state index is 0.0290. The Kier molecular flexibility index (Phi) is 8.81. The molecule has 0 aromatic heterocycles. The van der Waals surface area contributed by atoms with Gasteiger partial charge in [0.25, 0.3) is 0 Å². The van der Waals surface area contributed by atoms with Crippen molar-refractivity contribution in [3.05, 3.63) is 58.9 Å². The van der Waals surface area contributed by atoms with Crippen molar-refractivity contribution < 1.29 is 24.2 Å². The summed E-state index contributed by atoms with van der Waals surface area (Å²) in [4.78, 5) is 23.3. The number of esters is 1. The molecule has 0 bridgehead atoms. The summed E-state index contributed by atoms with van der Waals surface area (Å²) in [6.07, 6.45) is 6.14. The number of benzene rings is 1. The first-order valence-electron chi connectivity index (χ1n) is 11.8. The molecular formula is C26H33ClN4O5. The van der Waals surface area contributed by atoms with E-state index in [-0.39, 0.29) is 36.8 Å². The molecule has 3 rings (SSSR count). The van der Waals surface area contributed by atoms with E-state index in [1.807, 2.05) is 45.1 Å². The van der Waals surface area contributed by atoms with Gasteiger partial charge >= 0.3 is 12.1 Å². The topological polar surface area (TPSA) is 112 Å². The maximum absolute atomic E-state index is 11.9. The van der Waals surface area contributed by atoms with Crippen LogP contribution in [-0.2, 0) is 26.1 Å². The largest absolute Gasteiger partial charge is 0.505 e. The van der Waals surface area contributed by atoms with Gasteiger partial charge in [0.2, 0.25) is 0 Å². The number of carbonyl (C=O) groups excluding carboxylic acids is 2. The Morgan fingerprint density at radius 1 is 1.33 bits per heavy atom. The fourth-order valence-electron chi connectivity index (χ4n) is 3.72. The average molecular weight is 517 g/mol. The normalized spacial score (nSPS) is 16.7. The van der Waals surface area contributed by atoms with E-state index in [0.717, 1.165) is 16.8 Å². The summed E-state index contributed by atoms with van der Waals surface area (Å²) in [6, 6.07) is 3.73. The number of aromatic hydroxyl groups is 1. The molecule has 1 amide bonds. The molecule has 1 aromatic rings. The maximum Gasteiger partial charge on any atom is 0.407 e. The highest BCUT2D eigenvalue weighted by Crippen LogP contribution is 2.40. The number of hydrogen-bond donors (Lipinski definition) is 3. The zero-order valence-corrected chi connectivity index (χ0v) is 21.8. The van der Waals surface area contributed by atoms with Crippen molar-refractivity contribution in [2.45, 2.75) is 58.4 Å². The van der Waals surface area contributed by atoms with E-state index < -0.39 is 12.1 Å². The zero-order valence-electron chi connectivity index (χ0n) is 21.1. The molecule has 1 aromatic carbocycles. The summed E-state index contributed by atoms with van der Waals surface area (Å²) >= 11 is 6.11. The molecule has 2 aliphatic rings. The summed E-state index contributed by atoms with van der Waals surface area (Å²) in [5, 5.41) is 20.4. The summed E-state index contributed by atoms with van der Waals surface area (Å²) in [6.45, 7) is 11.5. The second-order valence-corrected chi connectivity index (χ2v) is 10.1. The van der Waals surface area contributed by atoms with E-state index in [1.54, 1.807) is 18.1 Å². The monoisotopic (exact) mass is 516 g/mol. The SMILES string of the molecule is C=C(C)OC(=O)CCNC(=O)OCCCc1cc(N2N=C3C=C(Cl)C=CC3N2)c(O)c(C(C)(C)C)c1. The van der Waals surface area contributed by atoms with Crippen molar-refractivity contribution in [1.82, 2.24) is 10.7 Å². The minimum atomic E-state index is -0.598. The third kappa shape index (κ3) is 7.35. The van der Waals surface area contributed by atoms with Crippen molar-refractivity contribution in [3.63, 3.8) is 0 Å². The molecule has 1 heterocycles. The molecule has 0 radical (unpaired) electrons. The lowest BCUT2D eigenvalue weighted by atomic mass is 9.84. The highest BCUT2D eigenvalue weighted by atomic mass is 35.5. The highest BCUT2D eigenvalue weighted by molar-refractivity contribution is 6.33. The zero-order chi connectivity index (χ0) is 26.5. The summed E-state index contributed by atoms with van der Waals surface area (Å²) in [7, 11) is 0. The van der Waals surface area contributed by atoms with Crippen molar-refractivity contribution in [1.29, 1.82) is 0 Å². The highest BCUT2D eigenvalue weighted by Gasteiger charge is 2.30. The van der Waals surface area contributed by atoms with E-state index in [4.69, 9.17) is 21.1 Å². The molecule has 9 nitrogen and oxygen atoms in total. The van der Waals surface area contributed by atoms with Crippen LogP contribution in [0.3, 0.4) is 0 Å². The molecule has 3 N–H and O–H groups in total. The molecular weight excluding hydrogens is 484 g/mol. The van der Waals surface area contributed by atoms with Gasteiger partial charge < -0.3 is 19.9 Å². The molecule has 0 saturated carbocycles. The van der Waals surface area contributed by atoms with Crippen molar-refractivity contribution in [2.75, 3.05) is 18.3 Å². The Morgan fingerprint density at radius 3 is 2.78 bits per heavy atom. The lowest BCUT2D eigenvalue weighted by molar-refractivity contribution is -0.139. The summed E-state index contributed by atoms with van der Waals surface area (Å²) in [5.41, 5.74) is 6.02. The van der Waals surface area contributed by atoms with Crippen molar-refractivity contribution in [3.8, 4) is 5.75 Å². The Bertz CT molecular complexity index is 1120. The van der Waals surface area contributed by atoms with E-state index in [2.05, 4.69) is 22.4 Å². The Morgan fingerprint density at radius 2 is 2.08 bits per heavy atom. The number of hydrazine groups is 1. The van der Waals surface area contributed by atoms with E-state index >= 15 is 0 Å². The average Bonchev–Trinajstić information content (AvgIpc) is 3.19. The van der Waals surface area contributed by atoms with E-state index in [1.165, 1.54) is 0 Å². The van der Waals surface area contributed by atoms with Gasteiger partial charge in [0, 0.05) is 17.1 Å². The van der Waals surface area contributed by atoms with Crippen LogP contribution in [0.4, 0.5) is 10.5 Å². The van der Waals surface area contributed by atoms with Crippen molar-refractivity contribution >= 4 is 35.1 Å². The number of nitrogens with zero attached hydrogens (tertiary/aromatic N) is 2.